The SMILES string of the molecule is CC(=O)NCC(=O)N1CCC[C@H]1C(=O)N[C@H](c1ccc(C2CC2)c(F)c1)c1cccc2[nH]c(=O)oc12. The van der Waals surface area contributed by atoms with Gasteiger partial charge in [-0.2, -0.15) is 0 Å². The Morgan fingerprint density at radius 2 is 2.00 bits per heavy atom. The lowest BCUT2D eigenvalue weighted by molar-refractivity contribution is -0.138. The van der Waals surface area contributed by atoms with Crippen LogP contribution in [0.4, 0.5) is 4.39 Å². The van der Waals surface area contributed by atoms with Gasteiger partial charge in [0.2, 0.25) is 17.7 Å². The van der Waals surface area contributed by atoms with Crippen molar-refractivity contribution in [3.63, 3.8) is 0 Å². The third kappa shape index (κ3) is 4.75. The first kappa shape index (κ1) is 23.8. The van der Waals surface area contributed by atoms with Gasteiger partial charge in [0.15, 0.2) is 5.58 Å². The van der Waals surface area contributed by atoms with Gasteiger partial charge in [0, 0.05) is 19.0 Å². The van der Waals surface area contributed by atoms with E-state index >= 15 is 4.39 Å². The summed E-state index contributed by atoms with van der Waals surface area (Å²) in [5.74, 6) is -1.84. The van der Waals surface area contributed by atoms with Gasteiger partial charge in [-0.25, -0.2) is 9.18 Å². The second-order valence-corrected chi connectivity index (χ2v) is 9.39. The fraction of sp³-hybridized carbons (Fsp3) is 0.385. The van der Waals surface area contributed by atoms with Crippen LogP contribution in [0.15, 0.2) is 45.6 Å². The van der Waals surface area contributed by atoms with Crippen LogP contribution < -0.4 is 16.4 Å². The van der Waals surface area contributed by atoms with Crippen molar-refractivity contribution in [2.75, 3.05) is 13.1 Å². The molecule has 3 amide bonds. The minimum Gasteiger partial charge on any atom is -0.407 e. The zero-order valence-corrected chi connectivity index (χ0v) is 19.8. The molecule has 1 aliphatic carbocycles. The predicted octanol–water partition coefficient (Wildman–Crippen LogP) is 2.47. The molecule has 9 nitrogen and oxygen atoms in total. The summed E-state index contributed by atoms with van der Waals surface area (Å²) < 4.78 is 20.4. The minimum atomic E-state index is -0.823. The lowest BCUT2D eigenvalue weighted by Crippen LogP contribution is -2.49. The van der Waals surface area contributed by atoms with E-state index in [9.17, 15) is 19.2 Å². The minimum absolute atomic E-state index is 0.190. The molecule has 0 unspecified atom stereocenters. The highest BCUT2D eigenvalue weighted by Gasteiger charge is 2.36. The summed E-state index contributed by atoms with van der Waals surface area (Å²) in [5, 5.41) is 5.44. The van der Waals surface area contributed by atoms with Crippen LogP contribution in [0.5, 0.6) is 0 Å². The summed E-state index contributed by atoms with van der Waals surface area (Å²) >= 11 is 0. The summed E-state index contributed by atoms with van der Waals surface area (Å²) in [6.07, 6.45) is 3.01. The molecule has 5 rings (SSSR count). The normalized spacial score (nSPS) is 18.3. The van der Waals surface area contributed by atoms with Crippen LogP contribution in [0.3, 0.4) is 0 Å². The topological polar surface area (TPSA) is 125 Å². The maximum absolute atomic E-state index is 15.0. The maximum atomic E-state index is 15.0. The van der Waals surface area contributed by atoms with E-state index in [1.807, 2.05) is 0 Å². The van der Waals surface area contributed by atoms with E-state index in [4.69, 9.17) is 4.42 Å². The molecular weight excluding hydrogens is 467 g/mol. The average molecular weight is 495 g/mol. The van der Waals surface area contributed by atoms with Crippen LogP contribution in [0.25, 0.3) is 11.1 Å². The number of amides is 3. The van der Waals surface area contributed by atoms with Gasteiger partial charge in [0.1, 0.15) is 11.9 Å². The Bertz CT molecular complexity index is 1390. The van der Waals surface area contributed by atoms with Gasteiger partial charge in [0.25, 0.3) is 0 Å². The Labute approximate surface area is 206 Å². The van der Waals surface area contributed by atoms with Gasteiger partial charge in [-0.05, 0) is 54.9 Å². The Kier molecular flexibility index (Phi) is 6.34. The Morgan fingerprint density at radius 3 is 2.72 bits per heavy atom. The zero-order valence-electron chi connectivity index (χ0n) is 19.8. The Balaban J connectivity index is 1.47. The fourth-order valence-corrected chi connectivity index (χ4v) is 4.89. The lowest BCUT2D eigenvalue weighted by atomic mass is 9.95. The number of halogens is 1. The number of aromatic nitrogens is 1. The number of nitrogens with one attached hydrogen (secondary N) is 3. The van der Waals surface area contributed by atoms with Gasteiger partial charge in [0.05, 0.1) is 18.1 Å². The highest BCUT2D eigenvalue weighted by atomic mass is 19.1. The van der Waals surface area contributed by atoms with Gasteiger partial charge < -0.3 is 20.0 Å². The number of para-hydroxylation sites is 1. The average Bonchev–Trinajstić information content (AvgIpc) is 3.42. The van der Waals surface area contributed by atoms with Gasteiger partial charge in [-0.3, -0.25) is 19.4 Å². The number of nitrogens with zero attached hydrogens (tertiary/aromatic N) is 1. The molecule has 10 heteroatoms. The van der Waals surface area contributed by atoms with Gasteiger partial charge in [-0.15, -0.1) is 0 Å². The summed E-state index contributed by atoms with van der Waals surface area (Å²) in [5.41, 5.74) is 2.37. The molecule has 1 aromatic heterocycles. The molecule has 0 bridgehead atoms. The van der Waals surface area contributed by atoms with Crippen molar-refractivity contribution in [2.24, 2.45) is 0 Å². The molecule has 36 heavy (non-hydrogen) atoms. The monoisotopic (exact) mass is 494 g/mol. The second kappa shape index (κ2) is 9.60. The summed E-state index contributed by atoms with van der Waals surface area (Å²) in [4.78, 5) is 53.3. The number of carbonyl (C=O) groups excluding carboxylic acids is 3. The number of oxazole rings is 1. The first-order chi connectivity index (χ1) is 17.3. The van der Waals surface area contributed by atoms with Crippen LogP contribution in [-0.4, -0.2) is 46.7 Å². The van der Waals surface area contributed by atoms with Crippen molar-refractivity contribution >= 4 is 28.8 Å². The van der Waals surface area contributed by atoms with E-state index in [0.717, 1.165) is 12.8 Å². The van der Waals surface area contributed by atoms with Crippen molar-refractivity contribution in [3.05, 3.63) is 69.5 Å². The van der Waals surface area contributed by atoms with Crippen molar-refractivity contribution in [3.8, 4) is 0 Å². The molecule has 188 valence electrons. The number of H-pyrrole nitrogens is 1. The summed E-state index contributed by atoms with van der Waals surface area (Å²) in [6.45, 7) is 1.53. The first-order valence-electron chi connectivity index (χ1n) is 12.1. The molecule has 2 fully saturated rings. The van der Waals surface area contributed by atoms with E-state index in [1.165, 1.54) is 17.9 Å². The van der Waals surface area contributed by atoms with Crippen LogP contribution in [-0.2, 0) is 14.4 Å². The van der Waals surface area contributed by atoms with Gasteiger partial charge >= 0.3 is 5.76 Å². The molecule has 3 N–H and O–H groups in total. The number of hydrogen-bond acceptors (Lipinski definition) is 5. The summed E-state index contributed by atoms with van der Waals surface area (Å²) in [6, 6.07) is 8.49. The quantitative estimate of drug-likeness (QED) is 0.466. The third-order valence-corrected chi connectivity index (χ3v) is 6.81. The summed E-state index contributed by atoms with van der Waals surface area (Å²) in [7, 11) is 0. The lowest BCUT2D eigenvalue weighted by Gasteiger charge is -2.27. The third-order valence-electron chi connectivity index (χ3n) is 6.81. The van der Waals surface area contributed by atoms with Crippen LogP contribution >= 0.6 is 0 Å². The molecule has 0 spiro atoms. The molecule has 2 aromatic carbocycles. The number of rotatable bonds is 7. The molecule has 2 atom stereocenters. The van der Waals surface area contributed by atoms with Crippen LogP contribution in [0, 0.1) is 5.82 Å². The molecular formula is C26H27FN4O5. The van der Waals surface area contributed by atoms with Crippen LogP contribution in [0.2, 0.25) is 0 Å². The first-order valence-corrected chi connectivity index (χ1v) is 12.1. The molecule has 2 aliphatic rings. The van der Waals surface area contributed by atoms with E-state index in [1.54, 1.807) is 30.3 Å². The molecule has 1 saturated carbocycles. The largest absolute Gasteiger partial charge is 0.417 e. The van der Waals surface area contributed by atoms with E-state index in [0.29, 0.717) is 41.6 Å². The highest BCUT2D eigenvalue weighted by molar-refractivity contribution is 5.91. The zero-order chi connectivity index (χ0) is 25.4. The molecule has 1 saturated heterocycles. The van der Waals surface area contributed by atoms with E-state index in [-0.39, 0.29) is 35.7 Å². The number of fused-ring (bicyclic) bond motifs is 1. The maximum Gasteiger partial charge on any atom is 0.417 e. The smallest absolute Gasteiger partial charge is 0.407 e. The van der Waals surface area contributed by atoms with Crippen LogP contribution in [0.1, 0.15) is 61.3 Å². The Morgan fingerprint density at radius 1 is 1.19 bits per heavy atom. The van der Waals surface area contributed by atoms with Crippen molar-refractivity contribution in [1.82, 2.24) is 20.5 Å². The van der Waals surface area contributed by atoms with E-state index < -0.39 is 23.7 Å². The highest BCUT2D eigenvalue weighted by Crippen LogP contribution is 2.42. The molecule has 3 aromatic rings. The van der Waals surface area contributed by atoms with Crippen molar-refractivity contribution in [2.45, 2.75) is 50.6 Å². The van der Waals surface area contributed by atoms with Gasteiger partial charge in [-0.1, -0.05) is 24.3 Å². The molecule has 1 aliphatic heterocycles. The second-order valence-electron chi connectivity index (χ2n) is 9.39. The standard InChI is InChI=1S/C26H27FN4O5/c1-14(32)28-13-22(33)31-11-3-6-21(31)25(34)30-23(16-9-10-17(15-7-8-15)19(27)12-16)18-4-2-5-20-24(18)36-26(35)29-20/h2,4-5,9-10,12,15,21,23H,3,6-8,11,13H2,1H3,(H,28,32)(H,29,35)(H,30,34)/t21-,23+/m0/s1. The number of hydrogen-bond donors (Lipinski definition) is 3. The number of likely N-dealkylation sites (tertiary alicyclic amines) is 1. The molecule has 2 heterocycles. The predicted molar refractivity (Wildman–Crippen MR) is 129 cm³/mol. The van der Waals surface area contributed by atoms with Crippen molar-refractivity contribution < 1.29 is 23.2 Å². The fourth-order valence-electron chi connectivity index (χ4n) is 4.89. The molecule has 0 radical (unpaired) electrons. The number of benzene rings is 2. The van der Waals surface area contributed by atoms with Crippen molar-refractivity contribution in [1.29, 1.82) is 0 Å². The van der Waals surface area contributed by atoms with E-state index in [2.05, 4.69) is 15.6 Å². The number of aromatic amines is 1. The Hall–Kier alpha value is -3.95. The number of carbonyl (C=O) groups is 3.